The SMILES string of the molecule is Cc1cccc(Nc2nc(N)nc(CN3C[C@@]4(C(=O)O)C[C@@]4(C(=O)O)C3)n2)c1.O=C(O)C(F)(F)F.O=C(O)C(F)(F)F. The number of fused-ring (bicyclic) bond motifs is 1. The van der Waals surface area contributed by atoms with Crippen molar-refractivity contribution >= 4 is 41.5 Å². The molecule has 2 heterocycles. The summed E-state index contributed by atoms with van der Waals surface area (Å²) in [5.74, 6) is -7.00. The highest BCUT2D eigenvalue weighted by Crippen LogP contribution is 2.68. The summed E-state index contributed by atoms with van der Waals surface area (Å²) in [5.41, 5.74) is 5.19. The molecule has 2 aliphatic rings. The number of hydrogen-bond donors (Lipinski definition) is 6. The maximum Gasteiger partial charge on any atom is 0.490 e. The van der Waals surface area contributed by atoms with Crippen LogP contribution in [0.25, 0.3) is 0 Å². The lowest BCUT2D eigenvalue weighted by Gasteiger charge is -2.18. The van der Waals surface area contributed by atoms with Gasteiger partial charge in [-0.05, 0) is 31.0 Å². The van der Waals surface area contributed by atoms with Crippen LogP contribution in [0.2, 0.25) is 0 Å². The van der Waals surface area contributed by atoms with Crippen LogP contribution in [0.1, 0.15) is 17.8 Å². The molecule has 1 saturated heterocycles. The highest BCUT2D eigenvalue weighted by molar-refractivity contribution is 5.94. The number of carbonyl (C=O) groups is 4. The first-order valence-corrected chi connectivity index (χ1v) is 11.3. The first-order chi connectivity index (χ1) is 19.1. The molecule has 14 nitrogen and oxygen atoms in total. The Labute approximate surface area is 230 Å². The molecule has 0 unspecified atom stereocenters. The fourth-order valence-corrected chi connectivity index (χ4v) is 4.13. The van der Waals surface area contributed by atoms with E-state index in [9.17, 15) is 46.1 Å². The van der Waals surface area contributed by atoms with Gasteiger partial charge in [-0.25, -0.2) is 9.59 Å². The van der Waals surface area contributed by atoms with Crippen molar-refractivity contribution in [3.63, 3.8) is 0 Å². The topological polar surface area (TPSA) is 229 Å². The number of piperidine rings is 1. The number of alkyl halides is 6. The van der Waals surface area contributed by atoms with Gasteiger partial charge in [0.25, 0.3) is 0 Å². The van der Waals surface area contributed by atoms with Gasteiger partial charge >= 0.3 is 36.2 Å². The zero-order chi connectivity index (χ0) is 32.3. The van der Waals surface area contributed by atoms with Crippen LogP contribution in [-0.4, -0.2) is 89.6 Å². The van der Waals surface area contributed by atoms with Crippen molar-refractivity contribution in [1.29, 1.82) is 0 Å². The van der Waals surface area contributed by atoms with Crippen LogP contribution in [0, 0.1) is 17.8 Å². The molecule has 20 heteroatoms. The van der Waals surface area contributed by atoms with Gasteiger partial charge in [-0.3, -0.25) is 14.5 Å². The van der Waals surface area contributed by atoms with Crippen molar-refractivity contribution in [3.05, 3.63) is 35.7 Å². The minimum absolute atomic E-state index is 0.0328. The van der Waals surface area contributed by atoms with Gasteiger partial charge < -0.3 is 31.5 Å². The number of nitrogen functional groups attached to an aromatic ring is 1. The quantitative estimate of drug-likeness (QED) is 0.257. The molecule has 2 aromatic rings. The Bertz CT molecular complexity index is 1320. The molecule has 1 saturated carbocycles. The smallest absolute Gasteiger partial charge is 0.481 e. The Hall–Kier alpha value is -4.75. The number of carboxylic acids is 4. The third-order valence-corrected chi connectivity index (χ3v) is 6.02. The molecule has 0 bridgehead atoms. The Morgan fingerprint density at radius 3 is 1.79 bits per heavy atom. The van der Waals surface area contributed by atoms with Crippen LogP contribution in [0.15, 0.2) is 24.3 Å². The van der Waals surface area contributed by atoms with Crippen molar-refractivity contribution in [1.82, 2.24) is 19.9 Å². The average molecular weight is 612 g/mol. The number of aliphatic carboxylic acids is 4. The number of halogens is 6. The van der Waals surface area contributed by atoms with E-state index < -0.39 is 47.1 Å². The largest absolute Gasteiger partial charge is 0.490 e. The van der Waals surface area contributed by atoms with Crippen LogP contribution in [-0.2, 0) is 25.7 Å². The minimum Gasteiger partial charge on any atom is -0.481 e. The zero-order valence-corrected chi connectivity index (χ0v) is 21.2. The van der Waals surface area contributed by atoms with E-state index in [-0.39, 0.29) is 38.0 Å². The summed E-state index contributed by atoms with van der Waals surface area (Å²) in [6.45, 7) is 2.44. The van der Waals surface area contributed by atoms with Gasteiger partial charge in [-0.2, -0.15) is 41.3 Å². The van der Waals surface area contributed by atoms with E-state index in [0.717, 1.165) is 11.3 Å². The first kappa shape index (κ1) is 33.5. The number of likely N-dealkylation sites (tertiary alicyclic amines) is 1. The summed E-state index contributed by atoms with van der Waals surface area (Å²) >= 11 is 0. The summed E-state index contributed by atoms with van der Waals surface area (Å²) in [5, 5.41) is 36.4. The summed E-state index contributed by atoms with van der Waals surface area (Å²) in [7, 11) is 0. The number of hydrogen-bond acceptors (Lipinski definition) is 10. The minimum atomic E-state index is -5.08. The van der Waals surface area contributed by atoms with E-state index in [1.807, 2.05) is 31.2 Å². The molecular formula is C22H22F6N6O8. The predicted molar refractivity (Wildman–Crippen MR) is 126 cm³/mol. The number of nitrogens with one attached hydrogen (secondary N) is 1. The molecule has 1 aromatic heterocycles. The lowest BCUT2D eigenvalue weighted by Crippen LogP contribution is -2.29. The Balaban J connectivity index is 0.000000367. The van der Waals surface area contributed by atoms with Crippen LogP contribution in [0.4, 0.5) is 43.9 Å². The van der Waals surface area contributed by atoms with Crippen LogP contribution in [0.5, 0.6) is 0 Å². The Kier molecular flexibility index (Phi) is 9.56. The monoisotopic (exact) mass is 612 g/mol. The number of nitrogens with two attached hydrogens (primary N) is 1. The number of benzene rings is 1. The number of nitrogens with zero attached hydrogens (tertiary/aromatic N) is 4. The molecule has 2 fully saturated rings. The second-order valence-electron chi connectivity index (χ2n) is 9.13. The Morgan fingerprint density at radius 1 is 0.905 bits per heavy atom. The molecule has 0 amide bonds. The van der Waals surface area contributed by atoms with E-state index in [4.69, 9.17) is 25.5 Å². The Morgan fingerprint density at radius 2 is 1.38 bits per heavy atom. The van der Waals surface area contributed by atoms with Gasteiger partial charge in [0.2, 0.25) is 11.9 Å². The highest BCUT2D eigenvalue weighted by atomic mass is 19.4. The highest BCUT2D eigenvalue weighted by Gasteiger charge is 2.80. The van der Waals surface area contributed by atoms with E-state index in [1.165, 1.54) is 0 Å². The van der Waals surface area contributed by atoms with Crippen molar-refractivity contribution in [2.75, 3.05) is 24.1 Å². The van der Waals surface area contributed by atoms with Crippen LogP contribution < -0.4 is 11.1 Å². The van der Waals surface area contributed by atoms with Crippen molar-refractivity contribution < 1.29 is 65.9 Å². The van der Waals surface area contributed by atoms with E-state index in [0.29, 0.717) is 5.82 Å². The van der Waals surface area contributed by atoms with Gasteiger partial charge in [0.05, 0.1) is 17.4 Å². The summed E-state index contributed by atoms with van der Waals surface area (Å²) in [6, 6.07) is 7.67. The maximum absolute atomic E-state index is 11.7. The maximum atomic E-state index is 11.7. The van der Waals surface area contributed by atoms with Gasteiger partial charge in [-0.1, -0.05) is 12.1 Å². The van der Waals surface area contributed by atoms with Gasteiger partial charge in [0, 0.05) is 18.8 Å². The number of aryl methyl sites for hydroxylation is 1. The van der Waals surface area contributed by atoms with Crippen molar-refractivity contribution in [2.45, 2.75) is 32.2 Å². The zero-order valence-electron chi connectivity index (χ0n) is 21.2. The van der Waals surface area contributed by atoms with Crippen LogP contribution in [0.3, 0.4) is 0 Å². The van der Waals surface area contributed by atoms with Gasteiger partial charge in [0.15, 0.2) is 0 Å². The van der Waals surface area contributed by atoms with Gasteiger partial charge in [-0.15, -0.1) is 0 Å². The molecule has 0 radical (unpaired) electrons. The molecule has 1 aliphatic carbocycles. The summed E-state index contributed by atoms with van der Waals surface area (Å²) < 4.78 is 63.5. The molecule has 230 valence electrons. The number of aromatic nitrogens is 3. The predicted octanol–water partition coefficient (Wildman–Crippen LogP) is 2.13. The first-order valence-electron chi connectivity index (χ1n) is 11.3. The summed E-state index contributed by atoms with van der Waals surface area (Å²) in [4.78, 5) is 55.4. The second kappa shape index (κ2) is 12.0. The molecule has 2 atom stereocenters. The second-order valence-corrected chi connectivity index (χ2v) is 9.13. The normalized spacial score (nSPS) is 21.0. The molecular weight excluding hydrogens is 590 g/mol. The third-order valence-electron chi connectivity index (χ3n) is 6.02. The van der Waals surface area contributed by atoms with E-state index in [1.54, 1.807) is 4.90 Å². The summed E-state index contributed by atoms with van der Waals surface area (Å²) in [6.07, 6.45) is -10.0. The molecule has 4 rings (SSSR count). The number of rotatable bonds is 6. The van der Waals surface area contributed by atoms with Crippen molar-refractivity contribution in [2.24, 2.45) is 10.8 Å². The molecule has 1 aromatic carbocycles. The molecule has 0 spiro atoms. The average Bonchev–Trinajstić information content (AvgIpc) is 3.36. The van der Waals surface area contributed by atoms with Crippen molar-refractivity contribution in [3.8, 4) is 0 Å². The standard InChI is InChI=1S/C18H20N6O4.2C2HF3O2/c1-10-3-2-4-11(5-10)20-16-22-12(21-15(19)23-16)6-24-8-17(13(25)26)7-18(17,9-24)14(27)28;2*3-2(4,5)1(6)7/h2-5H,6-9H2,1H3,(H,25,26)(H,27,28)(H3,19,20,21,22,23);2*(H,6,7)/t17-,18+;;. The molecule has 42 heavy (non-hydrogen) atoms. The van der Waals surface area contributed by atoms with Crippen LogP contribution >= 0.6 is 0 Å². The fraction of sp³-hybridized carbons (Fsp3) is 0.409. The van der Waals surface area contributed by atoms with E-state index >= 15 is 0 Å². The number of carboxylic acid groups (broad SMARTS) is 4. The lowest BCUT2D eigenvalue weighted by atomic mass is 9.97. The number of anilines is 3. The third kappa shape index (κ3) is 7.92. The van der Waals surface area contributed by atoms with E-state index in [2.05, 4.69) is 20.3 Å². The van der Waals surface area contributed by atoms with Gasteiger partial charge in [0.1, 0.15) is 5.82 Å². The molecule has 7 N–H and O–H groups in total. The lowest BCUT2D eigenvalue weighted by molar-refractivity contribution is -0.193. The fourth-order valence-electron chi connectivity index (χ4n) is 4.13. The molecule has 1 aliphatic heterocycles.